The van der Waals surface area contributed by atoms with E-state index in [0.717, 1.165) is 5.75 Å². The number of carbonyl (C=O) groups excluding carboxylic acids is 2. The van der Waals surface area contributed by atoms with Crippen LogP contribution in [0.25, 0.3) is 0 Å². The molecule has 6 heteroatoms. The van der Waals surface area contributed by atoms with Crippen LogP contribution in [0.3, 0.4) is 0 Å². The normalized spacial score (nSPS) is 14.8. The fourth-order valence-corrected chi connectivity index (χ4v) is 3.04. The molecule has 0 aromatic rings. The summed E-state index contributed by atoms with van der Waals surface area (Å²) in [5.74, 6) is 0.975. The third kappa shape index (κ3) is 6.28. The van der Waals surface area contributed by atoms with Gasteiger partial charge in [-0.2, -0.15) is 0 Å². The molecule has 0 radical (unpaired) electrons. The van der Waals surface area contributed by atoms with Gasteiger partial charge in [0, 0.05) is 17.4 Å². The Morgan fingerprint density at radius 1 is 1.29 bits per heavy atom. The van der Waals surface area contributed by atoms with Crippen LogP contribution in [0, 0.1) is 5.92 Å². The number of primary amides is 1. The van der Waals surface area contributed by atoms with E-state index in [-0.39, 0.29) is 11.7 Å². The number of hydrogen-bond donors (Lipinski definition) is 2. The summed E-state index contributed by atoms with van der Waals surface area (Å²) in [7, 11) is 3.02. The van der Waals surface area contributed by atoms with Crippen LogP contribution in [0.15, 0.2) is 0 Å². The van der Waals surface area contributed by atoms with Gasteiger partial charge in [-0.25, -0.2) is 0 Å². The van der Waals surface area contributed by atoms with Crippen LogP contribution in [-0.4, -0.2) is 29.2 Å². The lowest BCUT2D eigenvalue weighted by atomic mass is 10.1. The van der Waals surface area contributed by atoms with Crippen molar-refractivity contribution in [1.29, 1.82) is 0 Å². The Morgan fingerprint density at radius 3 is 2.21 bits per heavy atom. The molecule has 0 bridgehead atoms. The van der Waals surface area contributed by atoms with E-state index in [0.29, 0.717) is 5.75 Å². The lowest BCUT2D eigenvalue weighted by Crippen LogP contribution is -2.38. The second-order valence-corrected chi connectivity index (χ2v) is 5.64. The summed E-state index contributed by atoms with van der Waals surface area (Å²) in [5.41, 5.74) is 10.4. The SMILES string of the molecule is CC(=O)C(C)CSSCC(N)C(N)=O. The summed E-state index contributed by atoms with van der Waals surface area (Å²) in [6, 6.07) is -0.597. The van der Waals surface area contributed by atoms with Crippen molar-refractivity contribution in [2.75, 3.05) is 11.5 Å². The summed E-state index contributed by atoms with van der Waals surface area (Å²) < 4.78 is 0. The molecule has 0 rings (SSSR count). The van der Waals surface area contributed by atoms with Crippen molar-refractivity contribution < 1.29 is 9.59 Å². The van der Waals surface area contributed by atoms with Gasteiger partial charge in [0.1, 0.15) is 5.78 Å². The Morgan fingerprint density at radius 2 is 1.79 bits per heavy atom. The maximum absolute atomic E-state index is 10.9. The molecule has 4 nitrogen and oxygen atoms in total. The predicted molar refractivity (Wildman–Crippen MR) is 61.9 cm³/mol. The van der Waals surface area contributed by atoms with Crippen LogP contribution in [0.2, 0.25) is 0 Å². The first-order valence-corrected chi connectivity index (χ1v) is 6.73. The van der Waals surface area contributed by atoms with E-state index in [2.05, 4.69) is 0 Å². The Bertz CT molecular complexity index is 190. The number of hydrogen-bond acceptors (Lipinski definition) is 5. The zero-order valence-electron chi connectivity index (χ0n) is 8.36. The Kier molecular flexibility index (Phi) is 7.04. The van der Waals surface area contributed by atoms with E-state index < -0.39 is 11.9 Å². The third-order valence-corrected chi connectivity index (χ3v) is 4.32. The van der Waals surface area contributed by atoms with E-state index >= 15 is 0 Å². The maximum Gasteiger partial charge on any atom is 0.235 e. The molecule has 0 spiro atoms. The van der Waals surface area contributed by atoms with E-state index in [9.17, 15) is 9.59 Å². The maximum atomic E-state index is 10.9. The molecule has 14 heavy (non-hydrogen) atoms. The first kappa shape index (κ1) is 13.8. The highest BCUT2D eigenvalue weighted by Gasteiger charge is 2.11. The van der Waals surface area contributed by atoms with Crippen molar-refractivity contribution in [1.82, 2.24) is 0 Å². The molecule has 4 N–H and O–H groups in total. The molecular weight excluding hydrogens is 220 g/mol. The molecule has 82 valence electrons. The first-order valence-electron chi connectivity index (χ1n) is 4.25. The van der Waals surface area contributed by atoms with Gasteiger partial charge in [0.05, 0.1) is 6.04 Å². The molecule has 0 aromatic heterocycles. The van der Waals surface area contributed by atoms with E-state index in [4.69, 9.17) is 11.5 Å². The smallest absolute Gasteiger partial charge is 0.235 e. The molecule has 2 unspecified atom stereocenters. The zero-order valence-corrected chi connectivity index (χ0v) is 9.99. The number of amides is 1. The minimum absolute atomic E-state index is 0.0531. The fourth-order valence-electron chi connectivity index (χ4n) is 0.471. The monoisotopic (exact) mass is 236 g/mol. The standard InChI is InChI=1S/C8H16N2O2S2/c1-5(6(2)11)3-13-14-4-7(9)8(10)12/h5,7H,3-4,9H2,1-2H3,(H2,10,12). The van der Waals surface area contributed by atoms with Gasteiger partial charge in [-0.3, -0.25) is 9.59 Å². The highest BCUT2D eigenvalue weighted by atomic mass is 33.1. The first-order chi connectivity index (χ1) is 6.45. The summed E-state index contributed by atoms with van der Waals surface area (Å²) in [6.45, 7) is 3.45. The third-order valence-electron chi connectivity index (χ3n) is 1.71. The second-order valence-electron chi connectivity index (χ2n) is 3.09. The minimum Gasteiger partial charge on any atom is -0.368 e. The molecular formula is C8H16N2O2S2. The highest BCUT2D eigenvalue weighted by Crippen LogP contribution is 2.24. The highest BCUT2D eigenvalue weighted by molar-refractivity contribution is 8.76. The van der Waals surface area contributed by atoms with Gasteiger partial charge in [0.15, 0.2) is 0 Å². The largest absolute Gasteiger partial charge is 0.368 e. The summed E-state index contributed by atoms with van der Waals surface area (Å²) in [5, 5.41) is 0. The van der Waals surface area contributed by atoms with Crippen LogP contribution in [0.1, 0.15) is 13.8 Å². The summed E-state index contributed by atoms with van der Waals surface area (Å²) in [4.78, 5) is 21.4. The van der Waals surface area contributed by atoms with Crippen LogP contribution < -0.4 is 11.5 Å². The fraction of sp³-hybridized carbons (Fsp3) is 0.750. The van der Waals surface area contributed by atoms with Gasteiger partial charge < -0.3 is 11.5 Å². The van der Waals surface area contributed by atoms with Gasteiger partial charge in [-0.05, 0) is 6.92 Å². The molecule has 0 aliphatic heterocycles. The van der Waals surface area contributed by atoms with Gasteiger partial charge in [-0.15, -0.1) is 0 Å². The molecule has 1 amide bonds. The number of nitrogens with two attached hydrogens (primary N) is 2. The van der Waals surface area contributed by atoms with Gasteiger partial charge in [0.2, 0.25) is 5.91 Å². The summed E-state index contributed by atoms with van der Waals surface area (Å²) in [6.07, 6.45) is 0. The average Bonchev–Trinajstić information content (AvgIpc) is 2.11. The molecule has 0 fully saturated rings. The topological polar surface area (TPSA) is 86.2 Å². The van der Waals surface area contributed by atoms with Crippen molar-refractivity contribution in [3.63, 3.8) is 0 Å². The van der Waals surface area contributed by atoms with Gasteiger partial charge >= 0.3 is 0 Å². The van der Waals surface area contributed by atoms with Crippen molar-refractivity contribution in [2.45, 2.75) is 19.9 Å². The Labute approximate surface area is 91.9 Å². The number of Topliss-reactive ketones (excluding diaryl/α,β-unsaturated/α-hetero) is 1. The quantitative estimate of drug-likeness (QED) is 0.494. The number of rotatable bonds is 7. The van der Waals surface area contributed by atoms with Crippen LogP contribution in [-0.2, 0) is 9.59 Å². The van der Waals surface area contributed by atoms with Crippen LogP contribution in [0.5, 0.6) is 0 Å². The second kappa shape index (κ2) is 7.14. The molecule has 0 aromatic carbocycles. The average molecular weight is 236 g/mol. The minimum atomic E-state index is -0.597. The molecule has 2 atom stereocenters. The molecule has 0 aliphatic rings. The van der Waals surface area contributed by atoms with Crippen molar-refractivity contribution >= 4 is 33.3 Å². The van der Waals surface area contributed by atoms with E-state index in [1.807, 2.05) is 6.92 Å². The van der Waals surface area contributed by atoms with E-state index in [1.54, 1.807) is 17.7 Å². The van der Waals surface area contributed by atoms with Crippen LogP contribution in [0.4, 0.5) is 0 Å². The van der Waals surface area contributed by atoms with Gasteiger partial charge in [0.25, 0.3) is 0 Å². The van der Waals surface area contributed by atoms with Crippen LogP contribution >= 0.6 is 21.6 Å². The van der Waals surface area contributed by atoms with Gasteiger partial charge in [-0.1, -0.05) is 28.5 Å². The predicted octanol–water partition coefficient (Wildman–Crippen LogP) is 0.406. The molecule has 0 heterocycles. The number of carbonyl (C=O) groups is 2. The molecule has 0 saturated heterocycles. The van der Waals surface area contributed by atoms with Crippen molar-refractivity contribution in [3.8, 4) is 0 Å². The Hall–Kier alpha value is -0.200. The Balaban J connectivity index is 3.47. The van der Waals surface area contributed by atoms with Crippen molar-refractivity contribution in [3.05, 3.63) is 0 Å². The molecule has 0 aliphatic carbocycles. The lowest BCUT2D eigenvalue weighted by molar-refractivity contribution is -0.120. The van der Waals surface area contributed by atoms with E-state index in [1.165, 1.54) is 10.8 Å². The zero-order chi connectivity index (χ0) is 11.1. The van der Waals surface area contributed by atoms with Crippen molar-refractivity contribution in [2.24, 2.45) is 17.4 Å². The lowest BCUT2D eigenvalue weighted by Gasteiger charge is -2.08. The molecule has 0 saturated carbocycles. The summed E-state index contributed by atoms with van der Waals surface area (Å²) >= 11 is 0. The number of ketones is 1.